The van der Waals surface area contributed by atoms with Gasteiger partial charge in [0.2, 0.25) is 0 Å². The maximum atomic E-state index is 11.5. The SMILES string of the molecule is O=C(CCl)c1csc(-c2cnn(-c3ccccc3)c2)n1. The summed E-state index contributed by atoms with van der Waals surface area (Å²) in [5, 5.41) is 6.80. The summed E-state index contributed by atoms with van der Waals surface area (Å²) in [5.41, 5.74) is 2.27. The first-order valence-corrected chi connectivity index (χ1v) is 7.34. The normalized spacial score (nSPS) is 10.7. The third-order valence-corrected chi connectivity index (χ3v) is 3.90. The van der Waals surface area contributed by atoms with Crippen molar-refractivity contribution in [3.63, 3.8) is 0 Å². The van der Waals surface area contributed by atoms with Crippen molar-refractivity contribution in [1.82, 2.24) is 14.8 Å². The summed E-state index contributed by atoms with van der Waals surface area (Å²) in [4.78, 5) is 15.8. The summed E-state index contributed by atoms with van der Waals surface area (Å²) in [6.07, 6.45) is 3.63. The topological polar surface area (TPSA) is 47.8 Å². The van der Waals surface area contributed by atoms with Gasteiger partial charge in [0.15, 0.2) is 5.78 Å². The molecule has 2 aromatic heterocycles. The summed E-state index contributed by atoms with van der Waals surface area (Å²) in [5.74, 6) is -0.212. The fraction of sp³-hybridized carbons (Fsp3) is 0.0714. The molecule has 0 saturated carbocycles. The number of carbonyl (C=O) groups excluding carboxylic acids is 1. The predicted octanol–water partition coefficient (Wildman–Crippen LogP) is 3.42. The summed E-state index contributed by atoms with van der Waals surface area (Å²) in [7, 11) is 0. The maximum Gasteiger partial charge on any atom is 0.196 e. The molecule has 0 amide bonds. The summed E-state index contributed by atoms with van der Waals surface area (Å²) in [6, 6.07) is 9.82. The molecule has 6 heteroatoms. The second kappa shape index (κ2) is 5.56. The molecule has 0 aliphatic carbocycles. The third kappa shape index (κ3) is 2.50. The van der Waals surface area contributed by atoms with Crippen molar-refractivity contribution in [3.8, 4) is 16.3 Å². The Labute approximate surface area is 124 Å². The molecule has 0 aliphatic rings. The third-order valence-electron chi connectivity index (χ3n) is 2.76. The van der Waals surface area contributed by atoms with E-state index in [2.05, 4.69) is 10.1 Å². The lowest BCUT2D eigenvalue weighted by Crippen LogP contribution is -1.99. The van der Waals surface area contributed by atoms with Crippen molar-refractivity contribution >= 4 is 28.7 Å². The molecule has 0 saturated heterocycles. The van der Waals surface area contributed by atoms with Gasteiger partial charge in [0.25, 0.3) is 0 Å². The Morgan fingerprint density at radius 1 is 1.30 bits per heavy atom. The lowest BCUT2D eigenvalue weighted by molar-refractivity contribution is 0.101. The molecule has 0 fully saturated rings. The highest BCUT2D eigenvalue weighted by molar-refractivity contribution is 7.13. The number of hydrogen-bond donors (Lipinski definition) is 0. The molecule has 0 N–H and O–H groups in total. The highest BCUT2D eigenvalue weighted by atomic mass is 35.5. The van der Waals surface area contributed by atoms with Gasteiger partial charge >= 0.3 is 0 Å². The molecule has 0 spiro atoms. The van der Waals surface area contributed by atoms with E-state index in [0.29, 0.717) is 5.69 Å². The van der Waals surface area contributed by atoms with Gasteiger partial charge in [-0.3, -0.25) is 4.79 Å². The van der Waals surface area contributed by atoms with Crippen molar-refractivity contribution in [1.29, 1.82) is 0 Å². The zero-order chi connectivity index (χ0) is 13.9. The summed E-state index contributed by atoms with van der Waals surface area (Å²) < 4.78 is 1.78. The van der Waals surface area contributed by atoms with Crippen LogP contribution in [0.5, 0.6) is 0 Å². The molecule has 0 aliphatic heterocycles. The largest absolute Gasteiger partial charge is 0.291 e. The number of para-hydroxylation sites is 1. The van der Waals surface area contributed by atoms with Crippen LogP contribution in [0.3, 0.4) is 0 Å². The lowest BCUT2D eigenvalue weighted by atomic mass is 10.3. The van der Waals surface area contributed by atoms with Crippen LogP contribution in [0, 0.1) is 0 Å². The maximum absolute atomic E-state index is 11.5. The second-order valence-corrected chi connectivity index (χ2v) is 5.23. The number of ketones is 1. The van der Waals surface area contributed by atoms with Crippen molar-refractivity contribution in [3.05, 3.63) is 53.8 Å². The zero-order valence-corrected chi connectivity index (χ0v) is 11.9. The molecule has 1 aromatic carbocycles. The molecule has 3 aromatic rings. The number of nitrogens with zero attached hydrogens (tertiary/aromatic N) is 3. The first-order chi connectivity index (χ1) is 9.78. The first kappa shape index (κ1) is 13.0. The monoisotopic (exact) mass is 303 g/mol. The predicted molar refractivity (Wildman–Crippen MR) is 79.7 cm³/mol. The van der Waals surface area contributed by atoms with Gasteiger partial charge in [-0.2, -0.15) is 5.10 Å². The van der Waals surface area contributed by atoms with E-state index >= 15 is 0 Å². The van der Waals surface area contributed by atoms with E-state index in [1.807, 2.05) is 36.5 Å². The van der Waals surface area contributed by atoms with E-state index < -0.39 is 0 Å². The van der Waals surface area contributed by atoms with Gasteiger partial charge in [0.05, 0.1) is 17.8 Å². The van der Waals surface area contributed by atoms with Crippen molar-refractivity contribution in [2.24, 2.45) is 0 Å². The number of alkyl halides is 1. The number of hydrogen-bond acceptors (Lipinski definition) is 4. The van der Waals surface area contributed by atoms with Crippen LogP contribution in [0.15, 0.2) is 48.1 Å². The van der Waals surface area contributed by atoms with Gasteiger partial charge in [-0.05, 0) is 12.1 Å². The van der Waals surface area contributed by atoms with E-state index in [4.69, 9.17) is 11.6 Å². The minimum absolute atomic E-state index is 0.0492. The average Bonchev–Trinajstić information content (AvgIpc) is 3.16. The number of Topliss-reactive ketones (excluding diaryl/α,β-unsaturated/α-hetero) is 1. The number of rotatable bonds is 4. The van der Waals surface area contributed by atoms with Crippen LogP contribution in [0.2, 0.25) is 0 Å². The van der Waals surface area contributed by atoms with Crippen LogP contribution in [0.25, 0.3) is 16.3 Å². The summed E-state index contributed by atoms with van der Waals surface area (Å²) in [6.45, 7) is 0. The van der Waals surface area contributed by atoms with Crippen molar-refractivity contribution in [2.75, 3.05) is 5.88 Å². The Balaban J connectivity index is 1.91. The molecule has 20 heavy (non-hydrogen) atoms. The molecule has 3 rings (SSSR count). The van der Waals surface area contributed by atoms with Gasteiger partial charge < -0.3 is 0 Å². The van der Waals surface area contributed by atoms with Crippen LogP contribution in [0.1, 0.15) is 10.5 Å². The average molecular weight is 304 g/mol. The Morgan fingerprint density at radius 2 is 2.10 bits per heavy atom. The molecule has 4 nitrogen and oxygen atoms in total. The quantitative estimate of drug-likeness (QED) is 0.548. The lowest BCUT2D eigenvalue weighted by Gasteiger charge is -1.98. The van der Waals surface area contributed by atoms with E-state index in [1.165, 1.54) is 11.3 Å². The van der Waals surface area contributed by atoms with Gasteiger partial charge in [-0.15, -0.1) is 22.9 Å². The summed E-state index contributed by atoms with van der Waals surface area (Å²) >= 11 is 6.94. The van der Waals surface area contributed by atoms with Gasteiger partial charge in [-0.25, -0.2) is 9.67 Å². The van der Waals surface area contributed by atoms with E-state index in [0.717, 1.165) is 16.3 Å². The minimum Gasteiger partial charge on any atom is -0.291 e. The molecule has 0 unspecified atom stereocenters. The molecule has 0 atom stereocenters. The first-order valence-electron chi connectivity index (χ1n) is 5.93. The van der Waals surface area contributed by atoms with Crippen LogP contribution in [-0.2, 0) is 0 Å². The van der Waals surface area contributed by atoms with Gasteiger partial charge in [-0.1, -0.05) is 18.2 Å². The standard InChI is InChI=1S/C14H10ClN3OS/c15-6-13(19)12-9-20-14(17-12)10-7-16-18(8-10)11-4-2-1-3-5-11/h1-5,7-9H,6H2. The van der Waals surface area contributed by atoms with Crippen molar-refractivity contribution in [2.45, 2.75) is 0 Å². The number of aromatic nitrogens is 3. The highest BCUT2D eigenvalue weighted by Crippen LogP contribution is 2.24. The van der Waals surface area contributed by atoms with Crippen LogP contribution in [-0.4, -0.2) is 26.4 Å². The fourth-order valence-electron chi connectivity index (χ4n) is 1.76. The molecule has 0 radical (unpaired) electrons. The van der Waals surface area contributed by atoms with E-state index in [-0.39, 0.29) is 11.7 Å². The van der Waals surface area contributed by atoms with Crippen molar-refractivity contribution < 1.29 is 4.79 Å². The van der Waals surface area contributed by atoms with Gasteiger partial charge in [0, 0.05) is 17.1 Å². The number of benzene rings is 1. The molecule has 2 heterocycles. The van der Waals surface area contributed by atoms with Gasteiger partial charge in [0.1, 0.15) is 10.7 Å². The molecule has 100 valence electrons. The molecular weight excluding hydrogens is 294 g/mol. The Morgan fingerprint density at radius 3 is 2.85 bits per heavy atom. The smallest absolute Gasteiger partial charge is 0.196 e. The highest BCUT2D eigenvalue weighted by Gasteiger charge is 2.12. The van der Waals surface area contributed by atoms with E-state index in [1.54, 1.807) is 16.3 Å². The fourth-order valence-corrected chi connectivity index (χ4v) is 2.69. The number of thiazole rings is 1. The zero-order valence-electron chi connectivity index (χ0n) is 10.4. The minimum atomic E-state index is -0.162. The molecule has 0 bridgehead atoms. The number of carbonyl (C=O) groups is 1. The van der Waals surface area contributed by atoms with E-state index in [9.17, 15) is 4.79 Å². The Bertz CT molecular complexity index is 736. The molecular formula is C14H10ClN3OS. The van der Waals surface area contributed by atoms with Crippen LogP contribution in [0.4, 0.5) is 0 Å². The van der Waals surface area contributed by atoms with Crippen LogP contribution < -0.4 is 0 Å². The Kier molecular flexibility index (Phi) is 3.62. The Hall–Kier alpha value is -1.98. The second-order valence-electron chi connectivity index (χ2n) is 4.10. The number of halogens is 1. The van der Waals surface area contributed by atoms with Crippen LogP contribution >= 0.6 is 22.9 Å².